The largest absolute Gasteiger partial charge is 0.345 e. The van der Waals surface area contributed by atoms with Crippen LogP contribution in [0.3, 0.4) is 0 Å². The molecule has 0 saturated heterocycles. The van der Waals surface area contributed by atoms with Gasteiger partial charge in [-0.3, -0.25) is 4.79 Å². The maximum atomic E-state index is 11.6. The number of aryl methyl sites for hydroxylation is 1. The lowest BCUT2D eigenvalue weighted by molar-refractivity contribution is -0.117. The Kier molecular flexibility index (Phi) is 4.00. The van der Waals surface area contributed by atoms with Gasteiger partial charge in [-0.25, -0.2) is 4.98 Å². The number of hydrogen-bond acceptors (Lipinski definition) is 2. The summed E-state index contributed by atoms with van der Waals surface area (Å²) in [5, 5.41) is 2.84. The predicted molar refractivity (Wildman–Crippen MR) is 76.7 cm³/mol. The van der Waals surface area contributed by atoms with Crippen molar-refractivity contribution in [2.45, 2.75) is 33.4 Å². The van der Waals surface area contributed by atoms with Crippen LogP contribution in [0.2, 0.25) is 0 Å². The fourth-order valence-electron chi connectivity index (χ4n) is 2.04. The van der Waals surface area contributed by atoms with Gasteiger partial charge < -0.3 is 9.88 Å². The summed E-state index contributed by atoms with van der Waals surface area (Å²) in [5.41, 5.74) is 2.60. The Balaban J connectivity index is 2.28. The van der Waals surface area contributed by atoms with Crippen molar-refractivity contribution in [3.63, 3.8) is 0 Å². The van der Waals surface area contributed by atoms with Crippen LogP contribution in [0.4, 0.5) is 0 Å². The maximum absolute atomic E-state index is 11.6. The van der Waals surface area contributed by atoms with Gasteiger partial charge in [-0.2, -0.15) is 0 Å². The second-order valence-electron chi connectivity index (χ2n) is 4.63. The Morgan fingerprint density at radius 1 is 1.42 bits per heavy atom. The van der Waals surface area contributed by atoms with Crippen molar-refractivity contribution in [1.82, 2.24) is 14.9 Å². The zero-order valence-corrected chi connectivity index (χ0v) is 11.4. The molecule has 0 spiro atoms. The molecule has 0 radical (unpaired) electrons. The summed E-state index contributed by atoms with van der Waals surface area (Å²) in [6, 6.07) is 8.03. The number of hydrogen-bond donors (Lipinski definition) is 1. The molecule has 0 aliphatic heterocycles. The molecule has 1 amide bonds. The van der Waals surface area contributed by atoms with Gasteiger partial charge in [-0.15, -0.1) is 0 Å². The zero-order valence-electron chi connectivity index (χ0n) is 11.4. The van der Waals surface area contributed by atoms with Gasteiger partial charge in [0.05, 0.1) is 17.6 Å². The molecule has 0 bridgehead atoms. The first-order valence-electron chi connectivity index (χ1n) is 6.51. The van der Waals surface area contributed by atoms with E-state index in [1.807, 2.05) is 18.2 Å². The van der Waals surface area contributed by atoms with E-state index in [1.165, 1.54) is 0 Å². The Hall–Kier alpha value is -2.10. The standard InChI is InChI=1S/C15H19N3O/c1-4-9-18-13-8-6-5-7-12(13)17-14(18)10-16-15(19)11(2)3/h5-8H,2,4,9-10H2,1,3H3,(H,16,19). The topological polar surface area (TPSA) is 46.9 Å². The Bertz CT molecular complexity index is 613. The summed E-state index contributed by atoms with van der Waals surface area (Å²) in [6.45, 7) is 8.79. The monoisotopic (exact) mass is 257 g/mol. The van der Waals surface area contributed by atoms with Gasteiger partial charge in [0, 0.05) is 12.1 Å². The van der Waals surface area contributed by atoms with Gasteiger partial charge in [0.15, 0.2) is 0 Å². The second kappa shape index (κ2) is 5.69. The molecule has 2 aromatic rings. The fourth-order valence-corrected chi connectivity index (χ4v) is 2.04. The third-order valence-corrected chi connectivity index (χ3v) is 2.98. The van der Waals surface area contributed by atoms with Gasteiger partial charge in [0.2, 0.25) is 5.91 Å². The number of fused-ring (bicyclic) bond motifs is 1. The minimum Gasteiger partial charge on any atom is -0.345 e. The number of carbonyl (C=O) groups is 1. The van der Waals surface area contributed by atoms with Gasteiger partial charge in [0.1, 0.15) is 5.82 Å². The summed E-state index contributed by atoms with van der Waals surface area (Å²) in [6.07, 6.45) is 1.03. The molecule has 0 aliphatic rings. The second-order valence-corrected chi connectivity index (χ2v) is 4.63. The molecule has 0 atom stereocenters. The van der Waals surface area contributed by atoms with Crippen molar-refractivity contribution >= 4 is 16.9 Å². The van der Waals surface area contributed by atoms with E-state index >= 15 is 0 Å². The number of benzene rings is 1. The third-order valence-electron chi connectivity index (χ3n) is 2.98. The smallest absolute Gasteiger partial charge is 0.246 e. The number of nitrogens with one attached hydrogen (secondary N) is 1. The summed E-state index contributed by atoms with van der Waals surface area (Å²) in [4.78, 5) is 16.1. The SMILES string of the molecule is C=C(C)C(=O)NCc1nc2ccccc2n1CCC. The van der Waals surface area contributed by atoms with Gasteiger partial charge in [-0.05, 0) is 25.5 Å². The highest BCUT2D eigenvalue weighted by Gasteiger charge is 2.10. The first kappa shape index (κ1) is 13.3. The normalized spacial score (nSPS) is 10.6. The van der Waals surface area contributed by atoms with Crippen LogP contribution in [0.25, 0.3) is 11.0 Å². The Morgan fingerprint density at radius 3 is 2.84 bits per heavy atom. The molecule has 4 heteroatoms. The molecule has 0 fully saturated rings. The van der Waals surface area contributed by atoms with Crippen molar-refractivity contribution in [2.24, 2.45) is 0 Å². The van der Waals surface area contributed by atoms with Gasteiger partial charge in [-0.1, -0.05) is 25.6 Å². The Labute approximate surface area is 113 Å². The van der Waals surface area contributed by atoms with Crippen LogP contribution in [0.15, 0.2) is 36.4 Å². The van der Waals surface area contributed by atoms with E-state index in [2.05, 4.69) is 34.4 Å². The fraction of sp³-hybridized carbons (Fsp3) is 0.333. The van der Waals surface area contributed by atoms with Crippen LogP contribution in [-0.2, 0) is 17.9 Å². The van der Waals surface area contributed by atoms with Crippen LogP contribution < -0.4 is 5.32 Å². The van der Waals surface area contributed by atoms with Crippen LogP contribution in [0.1, 0.15) is 26.1 Å². The average molecular weight is 257 g/mol. The van der Waals surface area contributed by atoms with E-state index in [-0.39, 0.29) is 5.91 Å². The van der Waals surface area contributed by atoms with Gasteiger partial charge >= 0.3 is 0 Å². The van der Waals surface area contributed by atoms with Crippen LogP contribution in [0.5, 0.6) is 0 Å². The highest BCUT2D eigenvalue weighted by atomic mass is 16.1. The lowest BCUT2D eigenvalue weighted by atomic mass is 10.3. The number of carbonyl (C=O) groups excluding carboxylic acids is 1. The lowest BCUT2D eigenvalue weighted by Gasteiger charge is -2.08. The molecule has 0 saturated carbocycles. The number of rotatable bonds is 5. The van der Waals surface area contributed by atoms with Crippen molar-refractivity contribution in [3.05, 3.63) is 42.2 Å². The molecule has 2 rings (SSSR count). The van der Waals surface area contributed by atoms with Crippen LogP contribution in [-0.4, -0.2) is 15.5 Å². The van der Waals surface area contributed by atoms with Crippen molar-refractivity contribution in [1.29, 1.82) is 0 Å². The average Bonchev–Trinajstić information content (AvgIpc) is 2.75. The van der Waals surface area contributed by atoms with Crippen molar-refractivity contribution in [2.75, 3.05) is 0 Å². The molecule has 1 aromatic carbocycles. The molecule has 0 unspecified atom stereocenters. The number of amides is 1. The van der Waals surface area contributed by atoms with Crippen LogP contribution in [0, 0.1) is 0 Å². The summed E-state index contributed by atoms with van der Waals surface area (Å²) in [7, 11) is 0. The number of aromatic nitrogens is 2. The first-order chi connectivity index (χ1) is 9.13. The lowest BCUT2D eigenvalue weighted by Crippen LogP contribution is -2.25. The number of imidazole rings is 1. The molecule has 1 heterocycles. The minimum absolute atomic E-state index is 0.130. The van der Waals surface area contributed by atoms with E-state index in [0.29, 0.717) is 12.1 Å². The quantitative estimate of drug-likeness (QED) is 0.837. The molecule has 1 N–H and O–H groups in total. The molecule has 0 aliphatic carbocycles. The summed E-state index contributed by atoms with van der Waals surface area (Å²) < 4.78 is 2.16. The molecular weight excluding hydrogens is 238 g/mol. The van der Waals surface area contributed by atoms with Crippen LogP contribution >= 0.6 is 0 Å². The number of para-hydroxylation sites is 2. The molecule has 100 valence electrons. The molecular formula is C15H19N3O. The molecule has 1 aromatic heterocycles. The third kappa shape index (κ3) is 2.84. The Morgan fingerprint density at radius 2 is 2.16 bits per heavy atom. The first-order valence-corrected chi connectivity index (χ1v) is 6.51. The van der Waals surface area contributed by atoms with E-state index in [4.69, 9.17) is 0 Å². The maximum Gasteiger partial charge on any atom is 0.246 e. The van der Waals surface area contributed by atoms with Crippen molar-refractivity contribution < 1.29 is 4.79 Å². The highest BCUT2D eigenvalue weighted by molar-refractivity contribution is 5.92. The summed E-state index contributed by atoms with van der Waals surface area (Å²) in [5.74, 6) is 0.757. The highest BCUT2D eigenvalue weighted by Crippen LogP contribution is 2.16. The van der Waals surface area contributed by atoms with E-state index < -0.39 is 0 Å². The minimum atomic E-state index is -0.130. The predicted octanol–water partition coefficient (Wildman–Crippen LogP) is 2.64. The van der Waals surface area contributed by atoms with Gasteiger partial charge in [0.25, 0.3) is 0 Å². The van der Waals surface area contributed by atoms with E-state index in [1.54, 1.807) is 6.92 Å². The number of nitrogens with zero attached hydrogens (tertiary/aromatic N) is 2. The van der Waals surface area contributed by atoms with E-state index in [0.717, 1.165) is 29.8 Å². The molecule has 19 heavy (non-hydrogen) atoms. The zero-order chi connectivity index (χ0) is 13.8. The summed E-state index contributed by atoms with van der Waals surface area (Å²) >= 11 is 0. The molecule has 4 nitrogen and oxygen atoms in total. The van der Waals surface area contributed by atoms with Crippen molar-refractivity contribution in [3.8, 4) is 0 Å². The van der Waals surface area contributed by atoms with E-state index in [9.17, 15) is 4.79 Å².